The number of halogens is 2. The molecule has 0 heterocycles. The smallest absolute Gasteiger partial charge is 0.130 e. The summed E-state index contributed by atoms with van der Waals surface area (Å²) in [6, 6.07) is 3.36. The second-order valence-corrected chi connectivity index (χ2v) is 3.10. The minimum Gasteiger partial charge on any atom is -0.330 e. The Morgan fingerprint density at radius 3 is 2.75 bits per heavy atom. The molecule has 0 aliphatic carbocycles. The van der Waals surface area contributed by atoms with Gasteiger partial charge in [0.1, 0.15) is 5.82 Å². The van der Waals surface area contributed by atoms with Crippen molar-refractivity contribution in [3.05, 3.63) is 34.1 Å². The van der Waals surface area contributed by atoms with E-state index in [4.69, 9.17) is 17.3 Å². The molecule has 12 heavy (non-hydrogen) atoms. The molecule has 0 aliphatic heterocycles. The molecule has 0 fully saturated rings. The van der Waals surface area contributed by atoms with Gasteiger partial charge in [-0.05, 0) is 31.5 Å². The van der Waals surface area contributed by atoms with Gasteiger partial charge in [-0.15, -0.1) is 0 Å². The summed E-state index contributed by atoms with van der Waals surface area (Å²) in [6.45, 7) is 2.13. The van der Waals surface area contributed by atoms with Crippen LogP contribution in [-0.2, 0) is 6.42 Å². The lowest BCUT2D eigenvalue weighted by atomic mass is 10.1. The second kappa shape index (κ2) is 3.87. The van der Waals surface area contributed by atoms with Gasteiger partial charge in [-0.1, -0.05) is 17.7 Å². The molecule has 0 saturated carbocycles. The minimum absolute atomic E-state index is 0.229. The fourth-order valence-electron chi connectivity index (χ4n) is 1.09. The number of rotatable bonds is 2. The van der Waals surface area contributed by atoms with E-state index in [2.05, 4.69) is 0 Å². The first-order chi connectivity index (χ1) is 5.66. The van der Waals surface area contributed by atoms with Crippen molar-refractivity contribution >= 4 is 11.6 Å². The molecule has 0 radical (unpaired) electrons. The van der Waals surface area contributed by atoms with E-state index in [-0.39, 0.29) is 5.82 Å². The molecule has 66 valence electrons. The molecule has 0 spiro atoms. The summed E-state index contributed by atoms with van der Waals surface area (Å²) >= 11 is 5.78. The average Bonchev–Trinajstić information content (AvgIpc) is 2.06. The van der Waals surface area contributed by atoms with Crippen LogP contribution in [0.25, 0.3) is 0 Å². The van der Waals surface area contributed by atoms with Crippen LogP contribution in [0.1, 0.15) is 11.1 Å². The van der Waals surface area contributed by atoms with Gasteiger partial charge in [-0.3, -0.25) is 0 Å². The molecule has 0 unspecified atom stereocenters. The highest BCUT2D eigenvalue weighted by Crippen LogP contribution is 2.21. The Balaban J connectivity index is 3.14. The van der Waals surface area contributed by atoms with Gasteiger partial charge in [0, 0.05) is 10.6 Å². The largest absolute Gasteiger partial charge is 0.330 e. The van der Waals surface area contributed by atoms with Gasteiger partial charge in [0.15, 0.2) is 0 Å². The van der Waals surface area contributed by atoms with E-state index in [1.165, 1.54) is 0 Å². The molecule has 0 aliphatic rings. The molecule has 0 amide bonds. The van der Waals surface area contributed by atoms with Crippen LogP contribution in [0.3, 0.4) is 0 Å². The molecule has 0 bridgehead atoms. The lowest BCUT2D eigenvalue weighted by Gasteiger charge is -2.05. The topological polar surface area (TPSA) is 26.0 Å². The first-order valence-electron chi connectivity index (χ1n) is 3.80. The Morgan fingerprint density at radius 2 is 2.17 bits per heavy atom. The molecular weight excluding hydrogens is 177 g/mol. The number of benzene rings is 1. The molecule has 1 nitrogen and oxygen atoms in total. The Bertz CT molecular complexity index is 286. The fraction of sp³-hybridized carbons (Fsp3) is 0.333. The predicted octanol–water partition coefficient (Wildman–Crippen LogP) is 2.29. The van der Waals surface area contributed by atoms with Crippen LogP contribution in [0.5, 0.6) is 0 Å². The number of hydrogen-bond donors (Lipinski definition) is 1. The second-order valence-electron chi connectivity index (χ2n) is 2.70. The maximum atomic E-state index is 13.3. The van der Waals surface area contributed by atoms with Crippen molar-refractivity contribution in [1.29, 1.82) is 0 Å². The Kier molecular flexibility index (Phi) is 3.06. The number of hydrogen-bond acceptors (Lipinski definition) is 1. The molecule has 3 heteroatoms. The average molecular weight is 188 g/mol. The summed E-state index contributed by atoms with van der Waals surface area (Å²) in [5, 5.41) is 0.462. The summed E-state index contributed by atoms with van der Waals surface area (Å²) in [5.74, 6) is -0.229. The lowest BCUT2D eigenvalue weighted by Crippen LogP contribution is -2.05. The van der Waals surface area contributed by atoms with Crippen LogP contribution in [0.4, 0.5) is 4.39 Å². The van der Waals surface area contributed by atoms with Gasteiger partial charge in [0.05, 0.1) is 0 Å². The molecule has 0 saturated heterocycles. The SMILES string of the molecule is Cc1ccc(Cl)c(CCN)c1F. The number of nitrogens with two attached hydrogens (primary N) is 1. The van der Waals surface area contributed by atoms with E-state index in [0.717, 1.165) is 0 Å². The summed E-state index contributed by atoms with van der Waals surface area (Å²) in [6.07, 6.45) is 0.492. The van der Waals surface area contributed by atoms with Crippen molar-refractivity contribution in [2.45, 2.75) is 13.3 Å². The van der Waals surface area contributed by atoms with Crippen molar-refractivity contribution < 1.29 is 4.39 Å². The van der Waals surface area contributed by atoms with Gasteiger partial charge in [0.2, 0.25) is 0 Å². The summed E-state index contributed by atoms with van der Waals surface area (Å²) < 4.78 is 13.3. The Morgan fingerprint density at radius 1 is 1.50 bits per heavy atom. The van der Waals surface area contributed by atoms with E-state index in [0.29, 0.717) is 29.1 Å². The Labute approximate surface area is 76.3 Å². The maximum Gasteiger partial charge on any atom is 0.130 e. The summed E-state index contributed by atoms with van der Waals surface area (Å²) in [5.41, 5.74) is 6.46. The molecule has 0 aromatic heterocycles. The quantitative estimate of drug-likeness (QED) is 0.756. The molecule has 2 N–H and O–H groups in total. The van der Waals surface area contributed by atoms with Gasteiger partial charge in [0.25, 0.3) is 0 Å². The third kappa shape index (κ3) is 1.76. The Hall–Kier alpha value is -0.600. The highest BCUT2D eigenvalue weighted by molar-refractivity contribution is 6.31. The van der Waals surface area contributed by atoms with Crippen LogP contribution >= 0.6 is 11.6 Å². The lowest BCUT2D eigenvalue weighted by molar-refractivity contribution is 0.600. The highest BCUT2D eigenvalue weighted by Gasteiger charge is 2.08. The summed E-state index contributed by atoms with van der Waals surface area (Å²) in [7, 11) is 0. The first kappa shape index (κ1) is 9.49. The van der Waals surface area contributed by atoms with E-state index >= 15 is 0 Å². The van der Waals surface area contributed by atoms with Crippen molar-refractivity contribution in [3.8, 4) is 0 Å². The fourth-order valence-corrected chi connectivity index (χ4v) is 1.33. The van der Waals surface area contributed by atoms with E-state index in [9.17, 15) is 4.39 Å². The normalized spacial score (nSPS) is 10.3. The third-order valence-electron chi connectivity index (χ3n) is 1.77. The van der Waals surface area contributed by atoms with E-state index < -0.39 is 0 Å². The van der Waals surface area contributed by atoms with E-state index in [1.54, 1.807) is 19.1 Å². The van der Waals surface area contributed by atoms with Gasteiger partial charge >= 0.3 is 0 Å². The molecule has 1 rings (SSSR count). The van der Waals surface area contributed by atoms with Gasteiger partial charge in [-0.2, -0.15) is 0 Å². The van der Waals surface area contributed by atoms with Gasteiger partial charge < -0.3 is 5.73 Å². The van der Waals surface area contributed by atoms with E-state index in [1.807, 2.05) is 0 Å². The third-order valence-corrected chi connectivity index (χ3v) is 2.13. The van der Waals surface area contributed by atoms with Crippen LogP contribution in [-0.4, -0.2) is 6.54 Å². The standard InChI is InChI=1S/C9H11ClFN/c1-6-2-3-8(10)7(4-5-12)9(6)11/h2-3H,4-5,12H2,1H3. The van der Waals surface area contributed by atoms with Crippen molar-refractivity contribution in [3.63, 3.8) is 0 Å². The zero-order chi connectivity index (χ0) is 9.14. The van der Waals surface area contributed by atoms with Gasteiger partial charge in [-0.25, -0.2) is 4.39 Å². The van der Waals surface area contributed by atoms with Crippen LogP contribution in [0, 0.1) is 12.7 Å². The zero-order valence-electron chi connectivity index (χ0n) is 6.90. The molecular formula is C9H11ClFN. The first-order valence-corrected chi connectivity index (χ1v) is 4.18. The number of aryl methyl sites for hydroxylation is 1. The van der Waals surface area contributed by atoms with Crippen LogP contribution in [0.15, 0.2) is 12.1 Å². The van der Waals surface area contributed by atoms with Crippen molar-refractivity contribution in [2.24, 2.45) is 5.73 Å². The summed E-state index contributed by atoms with van der Waals surface area (Å²) in [4.78, 5) is 0. The van der Waals surface area contributed by atoms with Crippen LogP contribution in [0.2, 0.25) is 5.02 Å². The highest BCUT2D eigenvalue weighted by atomic mass is 35.5. The molecule has 0 atom stereocenters. The van der Waals surface area contributed by atoms with Crippen molar-refractivity contribution in [2.75, 3.05) is 6.54 Å². The van der Waals surface area contributed by atoms with Crippen molar-refractivity contribution in [1.82, 2.24) is 0 Å². The molecule has 1 aromatic rings. The zero-order valence-corrected chi connectivity index (χ0v) is 7.66. The molecule has 1 aromatic carbocycles. The monoisotopic (exact) mass is 187 g/mol. The van der Waals surface area contributed by atoms with Crippen LogP contribution < -0.4 is 5.73 Å². The maximum absolute atomic E-state index is 13.3. The minimum atomic E-state index is -0.229. The predicted molar refractivity (Wildman–Crippen MR) is 48.9 cm³/mol.